The molecule has 3 aromatic rings. The maximum atomic E-state index is 4.43. The molecule has 26 heavy (non-hydrogen) atoms. The minimum absolute atomic E-state index is 0.418. The molecule has 0 saturated heterocycles. The number of likely N-dealkylation sites (N-methyl/N-ethyl adjacent to an activating group) is 1. The Hall–Kier alpha value is -2.13. The topological polar surface area (TPSA) is 21.1 Å². The first-order valence-corrected chi connectivity index (χ1v) is 9.79. The van der Waals surface area contributed by atoms with E-state index in [4.69, 9.17) is 0 Å². The summed E-state index contributed by atoms with van der Waals surface area (Å²) in [5.41, 5.74) is 10.1. The number of fused-ring (bicyclic) bond motifs is 3. The summed E-state index contributed by atoms with van der Waals surface area (Å²) in [7, 11) is 2.24. The first-order valence-electron chi connectivity index (χ1n) is 9.79. The minimum Gasteiger partial charge on any atom is -0.336 e. The lowest BCUT2D eigenvalue weighted by Gasteiger charge is -2.35. The second-order valence-corrected chi connectivity index (χ2v) is 8.46. The largest absolute Gasteiger partial charge is 0.336 e. The van der Waals surface area contributed by atoms with Crippen molar-refractivity contribution in [3.63, 3.8) is 0 Å². The Kier molecular flexibility index (Phi) is 3.51. The van der Waals surface area contributed by atoms with Gasteiger partial charge in [0.2, 0.25) is 0 Å². The van der Waals surface area contributed by atoms with E-state index in [0.29, 0.717) is 12.0 Å². The predicted molar refractivity (Wildman–Crippen MR) is 107 cm³/mol. The molecule has 0 N–H and O–H groups in total. The normalized spacial score (nSPS) is 22.6. The van der Waals surface area contributed by atoms with E-state index < -0.39 is 0 Å². The molecule has 2 aromatic heterocycles. The standard InChI is InChI=1S/C23H27N3/c1-14-9-18-11-15(2)22(17-5-7-24-16(3)12-17)26-21-6-8-25(4)13-20(21)19(10-14)23(18)26/h5,7,9-10,12,15,22H,6,8,11,13H2,1-4H3. The fourth-order valence-corrected chi connectivity index (χ4v) is 5.30. The van der Waals surface area contributed by atoms with Crippen LogP contribution >= 0.6 is 0 Å². The molecule has 0 fully saturated rings. The van der Waals surface area contributed by atoms with Crippen LogP contribution in [0.2, 0.25) is 0 Å². The summed E-state index contributed by atoms with van der Waals surface area (Å²) in [4.78, 5) is 6.89. The number of hydrogen-bond acceptors (Lipinski definition) is 2. The third-order valence-electron chi connectivity index (χ3n) is 6.32. The fourth-order valence-electron chi connectivity index (χ4n) is 5.30. The molecule has 0 amide bonds. The van der Waals surface area contributed by atoms with Crippen molar-refractivity contribution in [1.29, 1.82) is 0 Å². The first-order chi connectivity index (χ1) is 12.5. The molecular formula is C23H27N3. The van der Waals surface area contributed by atoms with Gasteiger partial charge in [-0.25, -0.2) is 0 Å². The summed E-state index contributed by atoms with van der Waals surface area (Å²) in [6.45, 7) is 8.98. The predicted octanol–water partition coefficient (Wildman–Crippen LogP) is 4.42. The number of nitrogens with zero attached hydrogens (tertiary/aromatic N) is 3. The van der Waals surface area contributed by atoms with Crippen molar-refractivity contribution in [1.82, 2.24) is 14.5 Å². The lowest BCUT2D eigenvalue weighted by Crippen LogP contribution is -2.31. The van der Waals surface area contributed by atoms with Gasteiger partial charge < -0.3 is 9.47 Å². The fraction of sp³-hybridized carbons (Fsp3) is 0.435. The third kappa shape index (κ3) is 2.26. The van der Waals surface area contributed by atoms with Crippen LogP contribution in [0.25, 0.3) is 10.9 Å². The van der Waals surface area contributed by atoms with Crippen molar-refractivity contribution in [2.24, 2.45) is 5.92 Å². The van der Waals surface area contributed by atoms with Crippen molar-refractivity contribution < 1.29 is 0 Å². The van der Waals surface area contributed by atoms with Crippen LogP contribution in [0.15, 0.2) is 30.5 Å². The molecule has 3 nitrogen and oxygen atoms in total. The molecule has 0 bridgehead atoms. The molecule has 0 aliphatic carbocycles. The van der Waals surface area contributed by atoms with Gasteiger partial charge in [0, 0.05) is 42.5 Å². The summed E-state index contributed by atoms with van der Waals surface area (Å²) in [6, 6.07) is 9.76. The number of rotatable bonds is 1. The van der Waals surface area contributed by atoms with Gasteiger partial charge in [0.05, 0.1) is 11.6 Å². The average molecular weight is 345 g/mol. The highest BCUT2D eigenvalue weighted by molar-refractivity contribution is 5.90. The van der Waals surface area contributed by atoms with Crippen molar-refractivity contribution in [2.75, 3.05) is 13.6 Å². The van der Waals surface area contributed by atoms with Gasteiger partial charge in [0.1, 0.15) is 0 Å². The van der Waals surface area contributed by atoms with Crippen molar-refractivity contribution >= 4 is 10.9 Å². The molecule has 1 aromatic carbocycles. The Morgan fingerprint density at radius 2 is 2.00 bits per heavy atom. The summed E-state index contributed by atoms with van der Waals surface area (Å²) in [5, 5.41) is 1.49. The number of hydrogen-bond donors (Lipinski definition) is 0. The Morgan fingerprint density at radius 1 is 1.15 bits per heavy atom. The smallest absolute Gasteiger partial charge is 0.0618 e. The van der Waals surface area contributed by atoms with Gasteiger partial charge in [0.25, 0.3) is 0 Å². The number of aromatic nitrogens is 2. The van der Waals surface area contributed by atoms with E-state index in [1.54, 1.807) is 11.3 Å². The Morgan fingerprint density at radius 3 is 2.81 bits per heavy atom. The molecular weight excluding hydrogens is 318 g/mol. The zero-order valence-corrected chi connectivity index (χ0v) is 16.2. The zero-order valence-electron chi connectivity index (χ0n) is 16.2. The van der Waals surface area contributed by atoms with Crippen LogP contribution in [0.4, 0.5) is 0 Å². The third-order valence-corrected chi connectivity index (χ3v) is 6.32. The van der Waals surface area contributed by atoms with Gasteiger partial charge in [-0.3, -0.25) is 4.98 Å². The molecule has 4 heterocycles. The van der Waals surface area contributed by atoms with E-state index in [9.17, 15) is 0 Å². The quantitative estimate of drug-likeness (QED) is 0.651. The lowest BCUT2D eigenvalue weighted by molar-refractivity contribution is 0.301. The van der Waals surface area contributed by atoms with Crippen LogP contribution in [0, 0.1) is 19.8 Å². The zero-order chi connectivity index (χ0) is 18.0. The van der Waals surface area contributed by atoms with E-state index >= 15 is 0 Å². The van der Waals surface area contributed by atoms with Crippen molar-refractivity contribution in [3.8, 4) is 0 Å². The summed E-state index contributed by atoms with van der Waals surface area (Å²) in [5.74, 6) is 0.588. The van der Waals surface area contributed by atoms with E-state index in [-0.39, 0.29) is 0 Å². The molecule has 2 aliphatic heterocycles. The maximum absolute atomic E-state index is 4.43. The molecule has 0 saturated carbocycles. The second kappa shape index (κ2) is 5.68. The van der Waals surface area contributed by atoms with Gasteiger partial charge in [-0.15, -0.1) is 0 Å². The molecule has 2 atom stereocenters. The highest BCUT2D eigenvalue weighted by Gasteiger charge is 2.34. The summed E-state index contributed by atoms with van der Waals surface area (Å²) < 4.78 is 2.70. The van der Waals surface area contributed by atoms with Crippen LogP contribution in [-0.4, -0.2) is 28.0 Å². The van der Waals surface area contributed by atoms with Crippen LogP contribution in [0.3, 0.4) is 0 Å². The summed E-state index contributed by atoms with van der Waals surface area (Å²) >= 11 is 0. The number of benzene rings is 1. The van der Waals surface area contributed by atoms with E-state index in [1.165, 1.54) is 27.6 Å². The van der Waals surface area contributed by atoms with Gasteiger partial charge in [-0.1, -0.05) is 18.6 Å². The van der Waals surface area contributed by atoms with Crippen LogP contribution in [-0.2, 0) is 19.4 Å². The minimum atomic E-state index is 0.418. The van der Waals surface area contributed by atoms with E-state index in [1.807, 2.05) is 6.20 Å². The molecule has 3 heteroatoms. The lowest BCUT2D eigenvalue weighted by atomic mass is 9.85. The van der Waals surface area contributed by atoms with Crippen LogP contribution < -0.4 is 0 Å². The highest BCUT2D eigenvalue weighted by atomic mass is 15.1. The molecule has 2 unspecified atom stereocenters. The SMILES string of the molecule is Cc1cc2c3c(c1)c1c(n3C(c3ccnc(C)c3)C(C)C2)CCN(C)C1. The number of aryl methyl sites for hydroxylation is 2. The van der Waals surface area contributed by atoms with Gasteiger partial charge in [0.15, 0.2) is 0 Å². The van der Waals surface area contributed by atoms with Gasteiger partial charge in [-0.05, 0) is 68.1 Å². The van der Waals surface area contributed by atoms with Gasteiger partial charge in [-0.2, -0.15) is 0 Å². The summed E-state index contributed by atoms with van der Waals surface area (Å²) in [6.07, 6.45) is 4.28. The average Bonchev–Trinajstić information content (AvgIpc) is 2.89. The van der Waals surface area contributed by atoms with Crippen LogP contribution in [0.5, 0.6) is 0 Å². The molecule has 0 radical (unpaired) electrons. The Balaban J connectivity index is 1.83. The molecule has 2 aliphatic rings. The highest BCUT2D eigenvalue weighted by Crippen LogP contribution is 2.44. The second-order valence-electron chi connectivity index (χ2n) is 8.46. The Bertz CT molecular complexity index is 1010. The first kappa shape index (κ1) is 16.1. The monoisotopic (exact) mass is 345 g/mol. The van der Waals surface area contributed by atoms with Crippen molar-refractivity contribution in [2.45, 2.75) is 46.2 Å². The molecule has 5 rings (SSSR count). The van der Waals surface area contributed by atoms with E-state index in [2.05, 4.69) is 66.5 Å². The molecule has 0 spiro atoms. The molecule has 134 valence electrons. The van der Waals surface area contributed by atoms with Crippen LogP contribution in [0.1, 0.15) is 46.6 Å². The van der Waals surface area contributed by atoms with Gasteiger partial charge >= 0.3 is 0 Å². The van der Waals surface area contributed by atoms with Crippen molar-refractivity contribution in [3.05, 3.63) is 64.1 Å². The maximum Gasteiger partial charge on any atom is 0.0618 e. The Labute approximate surface area is 155 Å². The number of pyridine rings is 1. The van der Waals surface area contributed by atoms with E-state index in [0.717, 1.165) is 31.6 Å².